The molecule has 2 aromatic heterocycles. The highest BCUT2D eigenvalue weighted by atomic mass is 32.2. The number of ether oxygens (including phenoxy) is 1. The third-order valence-corrected chi connectivity index (χ3v) is 4.95. The highest BCUT2D eigenvalue weighted by molar-refractivity contribution is 7.98. The average Bonchev–Trinajstić information content (AvgIpc) is 2.68. The summed E-state index contributed by atoms with van der Waals surface area (Å²) in [4.78, 5) is 15.1. The molecule has 1 aliphatic heterocycles. The molecule has 25 heavy (non-hydrogen) atoms. The molecule has 0 unspecified atom stereocenters. The van der Waals surface area contributed by atoms with Gasteiger partial charge in [-0.2, -0.15) is 10.2 Å². The fourth-order valence-electron chi connectivity index (χ4n) is 2.85. The van der Waals surface area contributed by atoms with Gasteiger partial charge >= 0.3 is 0 Å². The van der Waals surface area contributed by atoms with Crippen LogP contribution in [0.15, 0.2) is 29.7 Å². The Morgan fingerprint density at radius 3 is 2.72 bits per heavy atom. The second-order valence-electron chi connectivity index (χ2n) is 6.10. The molecule has 6 nitrogen and oxygen atoms in total. The fourth-order valence-corrected chi connectivity index (χ4v) is 3.18. The van der Waals surface area contributed by atoms with E-state index in [-0.39, 0.29) is 0 Å². The number of anilines is 1. The van der Waals surface area contributed by atoms with E-state index >= 15 is 0 Å². The van der Waals surface area contributed by atoms with Gasteiger partial charge in [0.05, 0.1) is 18.5 Å². The van der Waals surface area contributed by atoms with Crippen molar-refractivity contribution in [3.8, 4) is 11.9 Å². The molecular formula is C18H21N5OS. The Morgan fingerprint density at radius 1 is 1.28 bits per heavy atom. The molecule has 0 spiro atoms. The number of pyridine rings is 1. The van der Waals surface area contributed by atoms with Crippen LogP contribution in [-0.4, -0.2) is 40.9 Å². The van der Waals surface area contributed by atoms with Crippen LogP contribution in [0.2, 0.25) is 0 Å². The first-order chi connectivity index (χ1) is 12.2. The summed E-state index contributed by atoms with van der Waals surface area (Å²) >= 11 is 1.52. The average molecular weight is 355 g/mol. The predicted molar refractivity (Wildman–Crippen MR) is 97.9 cm³/mol. The quantitative estimate of drug-likeness (QED) is 0.602. The predicted octanol–water partition coefficient (Wildman–Crippen LogP) is 3.07. The number of rotatable bonds is 5. The molecule has 0 N–H and O–H groups in total. The van der Waals surface area contributed by atoms with Crippen LogP contribution in [0.3, 0.4) is 0 Å². The summed E-state index contributed by atoms with van der Waals surface area (Å²) in [5.74, 6) is 1.22. The Labute approximate surface area is 152 Å². The van der Waals surface area contributed by atoms with Gasteiger partial charge in [-0.1, -0.05) is 11.8 Å². The lowest BCUT2D eigenvalue weighted by atomic mass is 9.97. The van der Waals surface area contributed by atoms with E-state index in [1.807, 2.05) is 25.4 Å². The molecule has 0 atom stereocenters. The molecule has 1 fully saturated rings. The number of aryl methyl sites for hydroxylation is 1. The van der Waals surface area contributed by atoms with Crippen molar-refractivity contribution in [3.63, 3.8) is 0 Å². The maximum absolute atomic E-state index is 8.83. The molecule has 0 radical (unpaired) electrons. The lowest BCUT2D eigenvalue weighted by Crippen LogP contribution is -2.35. The molecule has 0 saturated carbocycles. The molecule has 0 aromatic carbocycles. The highest BCUT2D eigenvalue weighted by Crippen LogP contribution is 2.24. The second-order valence-corrected chi connectivity index (χ2v) is 6.87. The Kier molecular flexibility index (Phi) is 5.71. The summed E-state index contributed by atoms with van der Waals surface area (Å²) in [7, 11) is 0. The lowest BCUT2D eigenvalue weighted by Gasteiger charge is -2.33. The fraction of sp³-hybridized carbons (Fsp3) is 0.444. The first-order valence-electron chi connectivity index (χ1n) is 8.31. The number of hydrogen-bond donors (Lipinski definition) is 0. The van der Waals surface area contributed by atoms with Crippen molar-refractivity contribution in [1.82, 2.24) is 15.0 Å². The molecular weight excluding hydrogens is 334 g/mol. The maximum atomic E-state index is 8.83. The van der Waals surface area contributed by atoms with Crippen LogP contribution in [0.5, 0.6) is 5.88 Å². The van der Waals surface area contributed by atoms with Crippen molar-refractivity contribution in [1.29, 1.82) is 5.26 Å². The summed E-state index contributed by atoms with van der Waals surface area (Å²) in [5.41, 5.74) is 2.50. The smallest absolute Gasteiger partial charge is 0.220 e. The van der Waals surface area contributed by atoms with Gasteiger partial charge in [-0.15, -0.1) is 0 Å². The van der Waals surface area contributed by atoms with Crippen LogP contribution >= 0.6 is 11.8 Å². The van der Waals surface area contributed by atoms with E-state index < -0.39 is 0 Å². The SMILES string of the molecule is CSc1ncc(C)c(OCC2CCN(c3ccc(C#N)nc3)CC2)n1. The standard InChI is InChI=1S/C18H21N5OS/c1-13-10-21-18(25-2)22-17(13)24-12-14-5-7-23(8-6-14)16-4-3-15(9-19)20-11-16/h3-4,10-11,14H,5-8,12H2,1-2H3. The number of thioether (sulfide) groups is 1. The maximum Gasteiger partial charge on any atom is 0.220 e. The van der Waals surface area contributed by atoms with Crippen molar-refractivity contribution < 1.29 is 4.74 Å². The monoisotopic (exact) mass is 355 g/mol. The Balaban J connectivity index is 1.52. The molecule has 2 aromatic rings. The minimum atomic E-state index is 0.455. The minimum Gasteiger partial charge on any atom is -0.477 e. The zero-order valence-corrected chi connectivity index (χ0v) is 15.3. The molecule has 0 aliphatic carbocycles. The molecule has 130 valence electrons. The molecule has 0 amide bonds. The topological polar surface area (TPSA) is 74.9 Å². The molecule has 1 saturated heterocycles. The van der Waals surface area contributed by atoms with Gasteiger partial charge in [-0.3, -0.25) is 0 Å². The van der Waals surface area contributed by atoms with E-state index in [0.29, 0.717) is 24.1 Å². The van der Waals surface area contributed by atoms with Gasteiger partial charge in [0.15, 0.2) is 5.16 Å². The Bertz CT molecular complexity index is 751. The minimum absolute atomic E-state index is 0.455. The van der Waals surface area contributed by atoms with E-state index in [1.165, 1.54) is 11.8 Å². The first-order valence-corrected chi connectivity index (χ1v) is 9.53. The van der Waals surface area contributed by atoms with Gasteiger partial charge in [0.2, 0.25) is 5.88 Å². The third-order valence-electron chi connectivity index (χ3n) is 4.38. The zero-order valence-electron chi connectivity index (χ0n) is 14.5. The largest absolute Gasteiger partial charge is 0.477 e. The van der Waals surface area contributed by atoms with Gasteiger partial charge in [-0.25, -0.2) is 9.97 Å². The Morgan fingerprint density at radius 2 is 2.08 bits per heavy atom. The van der Waals surface area contributed by atoms with E-state index in [1.54, 1.807) is 12.3 Å². The number of hydrogen-bond acceptors (Lipinski definition) is 7. The van der Waals surface area contributed by atoms with Gasteiger partial charge in [-0.05, 0) is 44.1 Å². The van der Waals surface area contributed by atoms with Gasteiger partial charge in [0, 0.05) is 24.8 Å². The molecule has 7 heteroatoms. The summed E-state index contributed by atoms with van der Waals surface area (Å²) in [6, 6.07) is 5.79. The molecule has 3 heterocycles. The molecule has 0 bridgehead atoms. The van der Waals surface area contributed by atoms with Gasteiger partial charge < -0.3 is 9.64 Å². The van der Waals surface area contributed by atoms with Gasteiger partial charge in [0.1, 0.15) is 11.8 Å². The zero-order chi connectivity index (χ0) is 17.6. The summed E-state index contributed by atoms with van der Waals surface area (Å²) in [6.45, 7) is 4.60. The Hall–Kier alpha value is -2.33. The van der Waals surface area contributed by atoms with E-state index in [2.05, 4.69) is 25.9 Å². The molecule has 3 rings (SSSR count). The lowest BCUT2D eigenvalue weighted by molar-refractivity contribution is 0.213. The summed E-state index contributed by atoms with van der Waals surface area (Å²) in [5, 5.41) is 9.57. The normalized spacial score (nSPS) is 15.0. The van der Waals surface area contributed by atoms with Crippen molar-refractivity contribution in [2.45, 2.75) is 24.9 Å². The number of piperidine rings is 1. The van der Waals surface area contributed by atoms with E-state index in [4.69, 9.17) is 10.00 Å². The van der Waals surface area contributed by atoms with Crippen LogP contribution in [0.25, 0.3) is 0 Å². The van der Waals surface area contributed by atoms with Crippen LogP contribution in [-0.2, 0) is 0 Å². The summed E-state index contributed by atoms with van der Waals surface area (Å²) in [6.07, 6.45) is 7.69. The van der Waals surface area contributed by atoms with Crippen molar-refractivity contribution >= 4 is 17.4 Å². The van der Waals surface area contributed by atoms with Crippen LogP contribution in [0.4, 0.5) is 5.69 Å². The number of nitriles is 1. The second kappa shape index (κ2) is 8.17. The number of aromatic nitrogens is 3. The van der Waals surface area contributed by atoms with E-state index in [0.717, 1.165) is 42.3 Å². The molecule has 1 aliphatic rings. The van der Waals surface area contributed by atoms with Crippen molar-refractivity contribution in [2.75, 3.05) is 30.9 Å². The van der Waals surface area contributed by atoms with Crippen molar-refractivity contribution in [2.24, 2.45) is 5.92 Å². The van der Waals surface area contributed by atoms with E-state index in [9.17, 15) is 0 Å². The van der Waals surface area contributed by atoms with Gasteiger partial charge in [0.25, 0.3) is 0 Å². The van der Waals surface area contributed by atoms with Crippen LogP contribution in [0, 0.1) is 24.2 Å². The third kappa shape index (κ3) is 4.40. The van der Waals surface area contributed by atoms with Crippen molar-refractivity contribution in [3.05, 3.63) is 35.8 Å². The highest BCUT2D eigenvalue weighted by Gasteiger charge is 2.21. The summed E-state index contributed by atoms with van der Waals surface area (Å²) < 4.78 is 5.96. The first kappa shape index (κ1) is 17.5. The number of nitrogens with zero attached hydrogens (tertiary/aromatic N) is 5. The van der Waals surface area contributed by atoms with Crippen LogP contribution < -0.4 is 9.64 Å². The van der Waals surface area contributed by atoms with Crippen LogP contribution in [0.1, 0.15) is 24.1 Å².